The summed E-state index contributed by atoms with van der Waals surface area (Å²) in [5.74, 6) is 0.0469. The summed E-state index contributed by atoms with van der Waals surface area (Å²) in [5, 5.41) is 13.2. The van der Waals surface area contributed by atoms with Crippen LogP contribution >= 0.6 is 0 Å². The number of aliphatic hydroxyl groups excluding tert-OH is 1. The lowest BCUT2D eigenvalue weighted by atomic mass is 10.0. The molecule has 0 radical (unpaired) electrons. The van der Waals surface area contributed by atoms with Gasteiger partial charge in [-0.2, -0.15) is 0 Å². The normalized spacial score (nSPS) is 14.2. The Balaban J connectivity index is 2.11. The van der Waals surface area contributed by atoms with Crippen molar-refractivity contribution in [2.24, 2.45) is 5.92 Å². The topological polar surface area (TPSA) is 65.1 Å². The Morgan fingerprint density at radius 3 is 2.85 bits per heavy atom. The van der Waals surface area contributed by atoms with Gasteiger partial charge in [0.25, 0.3) is 0 Å². The van der Waals surface area contributed by atoms with Gasteiger partial charge < -0.3 is 15.4 Å². The minimum atomic E-state index is -0.0289. The molecule has 1 aromatic carbocycles. The van der Waals surface area contributed by atoms with Crippen LogP contribution in [0.1, 0.15) is 25.0 Å². The summed E-state index contributed by atoms with van der Waals surface area (Å²) >= 11 is 0. The smallest absolute Gasteiger partial charge is 0.224 e. The van der Waals surface area contributed by atoms with Gasteiger partial charge in [0.2, 0.25) is 5.91 Å². The zero-order chi connectivity index (χ0) is 14.7. The lowest BCUT2D eigenvalue weighted by molar-refractivity contribution is -0.121. The van der Waals surface area contributed by atoms with E-state index in [1.807, 2.05) is 45.2 Å². The van der Waals surface area contributed by atoms with E-state index in [4.69, 9.17) is 5.11 Å². The third-order valence-electron chi connectivity index (χ3n) is 3.88. The van der Waals surface area contributed by atoms with Gasteiger partial charge in [-0.25, -0.2) is 0 Å². The number of carbonyl (C=O) groups is 1. The molecular weight excluding hydrogens is 252 g/mol. The number of aromatic amines is 1. The van der Waals surface area contributed by atoms with Gasteiger partial charge in [0.15, 0.2) is 0 Å². The first-order chi connectivity index (χ1) is 9.52. The summed E-state index contributed by atoms with van der Waals surface area (Å²) in [6, 6.07) is 6.04. The molecule has 0 aliphatic carbocycles. The second-order valence-corrected chi connectivity index (χ2v) is 5.50. The zero-order valence-electron chi connectivity index (χ0n) is 12.2. The molecule has 2 aromatic rings. The van der Waals surface area contributed by atoms with Crippen LogP contribution in [0.2, 0.25) is 0 Å². The van der Waals surface area contributed by atoms with Crippen LogP contribution in [0.4, 0.5) is 0 Å². The van der Waals surface area contributed by atoms with Gasteiger partial charge >= 0.3 is 0 Å². The minimum Gasteiger partial charge on any atom is -0.396 e. The molecule has 0 saturated heterocycles. The first-order valence-electron chi connectivity index (χ1n) is 6.98. The molecule has 3 N–H and O–H groups in total. The molecule has 1 heterocycles. The number of nitrogens with one attached hydrogen (secondary N) is 2. The van der Waals surface area contributed by atoms with E-state index in [9.17, 15) is 4.79 Å². The van der Waals surface area contributed by atoms with Crippen LogP contribution in [0.25, 0.3) is 10.9 Å². The fourth-order valence-corrected chi connectivity index (χ4v) is 2.37. The van der Waals surface area contributed by atoms with E-state index >= 15 is 0 Å². The standard InChI is InChI=1S/C16H22N2O2/c1-10-5-4-6-14-16(10)13(8-17-14)7-15(20)18-12(3)11(2)9-19/h4-6,8,11-12,17,19H,7,9H2,1-3H3,(H,18,20). The number of hydrogen-bond donors (Lipinski definition) is 3. The van der Waals surface area contributed by atoms with Crippen molar-refractivity contribution in [3.05, 3.63) is 35.5 Å². The van der Waals surface area contributed by atoms with Crippen molar-refractivity contribution in [1.82, 2.24) is 10.3 Å². The second-order valence-electron chi connectivity index (χ2n) is 5.50. The summed E-state index contributed by atoms with van der Waals surface area (Å²) in [6.45, 7) is 5.96. The van der Waals surface area contributed by atoms with Gasteiger partial charge in [-0.1, -0.05) is 19.1 Å². The molecule has 2 unspecified atom stereocenters. The molecule has 4 nitrogen and oxygen atoms in total. The van der Waals surface area contributed by atoms with Gasteiger partial charge in [-0.3, -0.25) is 4.79 Å². The minimum absolute atomic E-state index is 0.0121. The number of H-pyrrole nitrogens is 1. The molecule has 0 spiro atoms. The third kappa shape index (κ3) is 3.02. The Morgan fingerprint density at radius 1 is 1.40 bits per heavy atom. The Morgan fingerprint density at radius 2 is 2.15 bits per heavy atom. The molecule has 4 heteroatoms. The van der Waals surface area contributed by atoms with Crippen LogP contribution < -0.4 is 5.32 Å². The molecule has 2 atom stereocenters. The highest BCUT2D eigenvalue weighted by Gasteiger charge is 2.15. The van der Waals surface area contributed by atoms with Crippen LogP contribution in [0.5, 0.6) is 0 Å². The van der Waals surface area contributed by atoms with Crippen molar-refractivity contribution in [2.45, 2.75) is 33.2 Å². The van der Waals surface area contributed by atoms with Gasteiger partial charge in [0.05, 0.1) is 6.42 Å². The maximum atomic E-state index is 12.1. The predicted octanol–water partition coefficient (Wildman–Crippen LogP) is 2.15. The zero-order valence-corrected chi connectivity index (χ0v) is 12.2. The average Bonchev–Trinajstić information content (AvgIpc) is 2.82. The Bertz CT molecular complexity index is 604. The molecule has 0 aliphatic rings. The van der Waals surface area contributed by atoms with Crippen molar-refractivity contribution in [3.8, 4) is 0 Å². The molecule has 1 amide bonds. The third-order valence-corrected chi connectivity index (χ3v) is 3.88. The van der Waals surface area contributed by atoms with Gasteiger partial charge in [0.1, 0.15) is 0 Å². The molecule has 108 valence electrons. The highest BCUT2D eigenvalue weighted by molar-refractivity contribution is 5.91. The number of carbonyl (C=O) groups excluding carboxylic acids is 1. The highest BCUT2D eigenvalue weighted by atomic mass is 16.3. The highest BCUT2D eigenvalue weighted by Crippen LogP contribution is 2.22. The van der Waals surface area contributed by atoms with E-state index in [-0.39, 0.29) is 24.5 Å². The summed E-state index contributed by atoms with van der Waals surface area (Å²) in [5.41, 5.74) is 3.24. The first-order valence-corrected chi connectivity index (χ1v) is 6.98. The monoisotopic (exact) mass is 274 g/mol. The van der Waals surface area contributed by atoms with Crippen molar-refractivity contribution < 1.29 is 9.90 Å². The van der Waals surface area contributed by atoms with Crippen LogP contribution in [-0.4, -0.2) is 28.6 Å². The fourth-order valence-electron chi connectivity index (χ4n) is 2.37. The molecule has 0 aliphatic heterocycles. The fraction of sp³-hybridized carbons (Fsp3) is 0.438. The summed E-state index contributed by atoms with van der Waals surface area (Å²) in [6.07, 6.45) is 2.25. The summed E-state index contributed by atoms with van der Waals surface area (Å²) < 4.78 is 0. The number of rotatable bonds is 5. The van der Waals surface area contributed by atoms with Crippen LogP contribution in [-0.2, 0) is 11.2 Å². The van der Waals surface area contributed by atoms with E-state index in [0.717, 1.165) is 16.5 Å². The molecule has 20 heavy (non-hydrogen) atoms. The number of hydrogen-bond acceptors (Lipinski definition) is 2. The SMILES string of the molecule is Cc1cccc2[nH]cc(CC(=O)NC(C)C(C)CO)c12. The number of amides is 1. The predicted molar refractivity (Wildman–Crippen MR) is 80.6 cm³/mol. The van der Waals surface area contributed by atoms with E-state index in [0.29, 0.717) is 6.42 Å². The van der Waals surface area contributed by atoms with Gasteiger partial charge in [-0.15, -0.1) is 0 Å². The Labute approximate surface area is 119 Å². The molecule has 0 bridgehead atoms. The lowest BCUT2D eigenvalue weighted by Crippen LogP contribution is -2.39. The molecule has 0 saturated carbocycles. The summed E-state index contributed by atoms with van der Waals surface area (Å²) in [4.78, 5) is 15.3. The lowest BCUT2D eigenvalue weighted by Gasteiger charge is -2.19. The molecular formula is C16H22N2O2. The van der Waals surface area contributed by atoms with Gasteiger partial charge in [-0.05, 0) is 37.0 Å². The Hall–Kier alpha value is -1.81. The van der Waals surface area contributed by atoms with E-state index < -0.39 is 0 Å². The van der Waals surface area contributed by atoms with E-state index in [2.05, 4.69) is 10.3 Å². The number of aryl methyl sites for hydroxylation is 1. The number of fused-ring (bicyclic) bond motifs is 1. The van der Waals surface area contributed by atoms with Crippen LogP contribution in [0.3, 0.4) is 0 Å². The van der Waals surface area contributed by atoms with Crippen LogP contribution in [0, 0.1) is 12.8 Å². The maximum absolute atomic E-state index is 12.1. The Kier molecular flexibility index (Phi) is 4.45. The van der Waals surface area contributed by atoms with Gasteiger partial charge in [0, 0.05) is 29.7 Å². The van der Waals surface area contributed by atoms with Crippen molar-refractivity contribution >= 4 is 16.8 Å². The number of aromatic nitrogens is 1. The molecule has 0 fully saturated rings. The van der Waals surface area contributed by atoms with E-state index in [1.54, 1.807) is 0 Å². The molecule has 1 aromatic heterocycles. The van der Waals surface area contributed by atoms with Crippen LogP contribution in [0.15, 0.2) is 24.4 Å². The second kappa shape index (κ2) is 6.09. The van der Waals surface area contributed by atoms with E-state index in [1.165, 1.54) is 5.56 Å². The number of aliphatic hydroxyl groups is 1. The maximum Gasteiger partial charge on any atom is 0.224 e. The largest absolute Gasteiger partial charge is 0.396 e. The van der Waals surface area contributed by atoms with Crippen molar-refractivity contribution in [2.75, 3.05) is 6.61 Å². The molecule has 2 rings (SSSR count). The van der Waals surface area contributed by atoms with Crippen molar-refractivity contribution in [1.29, 1.82) is 0 Å². The quantitative estimate of drug-likeness (QED) is 0.782. The number of benzene rings is 1. The average molecular weight is 274 g/mol. The van der Waals surface area contributed by atoms with Crippen molar-refractivity contribution in [3.63, 3.8) is 0 Å². The first kappa shape index (κ1) is 14.6. The summed E-state index contributed by atoms with van der Waals surface area (Å²) in [7, 11) is 0.